The van der Waals surface area contributed by atoms with E-state index in [9.17, 15) is 9.30 Å². The van der Waals surface area contributed by atoms with Crippen LogP contribution in [0.3, 0.4) is 0 Å². The van der Waals surface area contributed by atoms with Crippen molar-refractivity contribution in [2.75, 3.05) is 7.11 Å². The third kappa shape index (κ3) is 1.52. The first kappa shape index (κ1) is 7.65. The topological polar surface area (TPSA) is 40.3 Å². The first-order valence-electron chi connectivity index (χ1n) is 2.99. The maximum Gasteiger partial charge on any atom is 0.295 e. The molecule has 0 aliphatic heterocycles. The maximum absolute atomic E-state index is 12.5. The van der Waals surface area contributed by atoms with Crippen LogP contribution in [0.4, 0.5) is 10.1 Å². The van der Waals surface area contributed by atoms with E-state index in [0.29, 0.717) is 0 Å². The van der Waals surface area contributed by atoms with Crippen molar-refractivity contribution in [1.29, 1.82) is 0 Å². The molecule has 0 aliphatic rings. The predicted molar refractivity (Wildman–Crippen MR) is 36.9 cm³/mol. The molecule has 11 heavy (non-hydrogen) atoms. The van der Waals surface area contributed by atoms with Crippen LogP contribution in [0.15, 0.2) is 18.2 Å². The first-order chi connectivity index (χ1) is 5.27. The van der Waals surface area contributed by atoms with Crippen LogP contribution in [-0.2, 0) is 0 Å². The molecule has 0 bridgehead atoms. The van der Waals surface area contributed by atoms with E-state index >= 15 is 0 Å². The second kappa shape index (κ2) is 3.09. The molecule has 3 nitrogen and oxygen atoms in total. The molecule has 4 heteroatoms. The van der Waals surface area contributed by atoms with Crippen LogP contribution >= 0.6 is 0 Å². The standard InChI is InChI=1S/C7H6FNO2/c1-11-7-4-5(8)2-3-6(7)9-10/h2-4H,1H3/p+1. The van der Waals surface area contributed by atoms with Gasteiger partial charge in [0.1, 0.15) is 5.82 Å². The normalized spacial score (nSPS) is 9.27. The van der Waals surface area contributed by atoms with Crippen molar-refractivity contribution in [2.45, 2.75) is 0 Å². The molecule has 0 amide bonds. The highest BCUT2D eigenvalue weighted by Gasteiger charge is 2.08. The van der Waals surface area contributed by atoms with Crippen molar-refractivity contribution in [3.8, 4) is 5.75 Å². The Morgan fingerprint density at radius 1 is 1.55 bits per heavy atom. The van der Waals surface area contributed by atoms with Crippen LogP contribution in [0, 0.1) is 10.7 Å². The Morgan fingerprint density at radius 2 is 2.27 bits per heavy atom. The molecule has 0 radical (unpaired) electrons. The largest absolute Gasteiger partial charge is 0.490 e. The third-order valence-corrected chi connectivity index (χ3v) is 1.27. The van der Waals surface area contributed by atoms with Gasteiger partial charge in [0.25, 0.3) is 5.69 Å². The minimum Gasteiger partial charge on any atom is -0.490 e. The van der Waals surface area contributed by atoms with E-state index in [-0.39, 0.29) is 11.4 Å². The minimum atomic E-state index is -0.430. The Bertz CT molecular complexity index is 275. The number of benzene rings is 1. The summed E-state index contributed by atoms with van der Waals surface area (Å²) in [7, 11) is 1.37. The molecule has 1 aromatic rings. The van der Waals surface area contributed by atoms with Crippen LogP contribution in [0.25, 0.3) is 0 Å². The van der Waals surface area contributed by atoms with Gasteiger partial charge in [0, 0.05) is 22.2 Å². The quantitative estimate of drug-likeness (QED) is 0.669. The van der Waals surface area contributed by atoms with E-state index < -0.39 is 5.82 Å². The molecule has 0 unspecified atom stereocenters. The van der Waals surface area contributed by atoms with Gasteiger partial charge in [-0.25, -0.2) is 4.39 Å². The highest BCUT2D eigenvalue weighted by Crippen LogP contribution is 2.19. The monoisotopic (exact) mass is 156 g/mol. The Kier molecular flexibility index (Phi) is 2.15. The molecular formula is C7H7FNO2+. The number of rotatable bonds is 2. The second-order valence-corrected chi connectivity index (χ2v) is 1.95. The van der Waals surface area contributed by atoms with Crippen molar-refractivity contribution in [3.05, 3.63) is 28.9 Å². The first-order valence-corrected chi connectivity index (χ1v) is 2.99. The summed E-state index contributed by atoms with van der Waals surface area (Å²) in [5.74, 6) is -0.221. The zero-order chi connectivity index (χ0) is 8.27. The lowest BCUT2D eigenvalue weighted by atomic mass is 10.3. The summed E-state index contributed by atoms with van der Waals surface area (Å²) in [6.07, 6.45) is 0. The summed E-state index contributed by atoms with van der Waals surface area (Å²) in [5, 5.41) is 1.63. The fourth-order valence-electron chi connectivity index (χ4n) is 0.749. The highest BCUT2D eigenvalue weighted by molar-refractivity contribution is 5.44. The summed E-state index contributed by atoms with van der Waals surface area (Å²) in [5.41, 5.74) is 0.230. The average Bonchev–Trinajstić information content (AvgIpc) is 2.04. The number of nitroso groups, excluding NO2 is 1. The number of hydrogen-bond acceptors (Lipinski definition) is 2. The lowest BCUT2D eigenvalue weighted by molar-refractivity contribution is -0.380. The van der Waals surface area contributed by atoms with Gasteiger partial charge in [0.15, 0.2) is 5.75 Å². The second-order valence-electron chi connectivity index (χ2n) is 1.95. The molecule has 0 spiro atoms. The van der Waals surface area contributed by atoms with E-state index in [0.717, 1.165) is 6.07 Å². The number of hydrogen-bond donors (Lipinski definition) is 1. The van der Waals surface area contributed by atoms with E-state index in [1.807, 2.05) is 0 Å². The van der Waals surface area contributed by atoms with E-state index in [2.05, 4.69) is 0 Å². The molecule has 0 heterocycles. The van der Waals surface area contributed by atoms with Crippen molar-refractivity contribution < 1.29 is 14.3 Å². The Hall–Kier alpha value is -1.45. The minimum absolute atomic E-state index is 0.208. The van der Waals surface area contributed by atoms with Gasteiger partial charge < -0.3 is 4.74 Å². The molecule has 0 aromatic heterocycles. The molecule has 1 N–H and O–H groups in total. The molecule has 0 saturated carbocycles. The molecule has 0 saturated heterocycles. The van der Waals surface area contributed by atoms with Gasteiger partial charge in [-0.15, -0.1) is 0 Å². The fourth-order valence-corrected chi connectivity index (χ4v) is 0.749. The Morgan fingerprint density at radius 3 is 2.82 bits per heavy atom. The molecule has 58 valence electrons. The molecule has 0 fully saturated rings. The van der Waals surface area contributed by atoms with Gasteiger partial charge in [0.05, 0.1) is 7.11 Å². The van der Waals surface area contributed by atoms with Gasteiger partial charge in [-0.3, -0.25) is 0 Å². The number of halogens is 1. The number of ether oxygens (including phenoxy) is 1. The van der Waals surface area contributed by atoms with Crippen LogP contribution in [-0.4, -0.2) is 7.11 Å². The SMILES string of the molecule is COc1cc(F)ccc1[NH+]=O. The average molecular weight is 156 g/mol. The lowest BCUT2D eigenvalue weighted by Crippen LogP contribution is -2.55. The molecule has 0 aliphatic carbocycles. The maximum atomic E-state index is 12.5. The zero-order valence-corrected chi connectivity index (χ0v) is 5.93. The van der Waals surface area contributed by atoms with Crippen LogP contribution in [0.1, 0.15) is 0 Å². The van der Waals surface area contributed by atoms with Crippen LogP contribution in [0.2, 0.25) is 0 Å². The number of methoxy groups -OCH3 is 1. The van der Waals surface area contributed by atoms with Gasteiger partial charge >= 0.3 is 0 Å². The smallest absolute Gasteiger partial charge is 0.295 e. The predicted octanol–water partition coefficient (Wildman–Crippen LogP) is 0.313. The van der Waals surface area contributed by atoms with Gasteiger partial charge in [-0.05, 0) is 6.07 Å². The Labute approximate surface area is 62.8 Å². The van der Waals surface area contributed by atoms with Crippen molar-refractivity contribution >= 4 is 5.69 Å². The van der Waals surface area contributed by atoms with E-state index in [1.165, 1.54) is 19.2 Å². The highest BCUT2D eigenvalue weighted by atomic mass is 19.1. The summed E-state index contributed by atoms with van der Waals surface area (Å²) in [6, 6.07) is 3.64. The molecule has 1 aromatic carbocycles. The van der Waals surface area contributed by atoms with Crippen molar-refractivity contribution in [2.24, 2.45) is 0 Å². The number of nitrogens with one attached hydrogen (secondary N) is 1. The van der Waals surface area contributed by atoms with Crippen molar-refractivity contribution in [1.82, 2.24) is 0 Å². The Balaban J connectivity index is 3.16. The lowest BCUT2D eigenvalue weighted by Gasteiger charge is -1.96. The molecule has 1 rings (SSSR count). The van der Waals surface area contributed by atoms with Gasteiger partial charge in [-0.1, -0.05) is 0 Å². The fraction of sp³-hybridized carbons (Fsp3) is 0.143. The summed E-state index contributed by atoms with van der Waals surface area (Å²) >= 11 is 0. The summed E-state index contributed by atoms with van der Waals surface area (Å²) in [4.78, 5) is 10.2. The van der Waals surface area contributed by atoms with E-state index in [4.69, 9.17) is 4.74 Å². The van der Waals surface area contributed by atoms with Crippen LogP contribution in [0.5, 0.6) is 5.75 Å². The third-order valence-electron chi connectivity index (χ3n) is 1.27. The zero-order valence-electron chi connectivity index (χ0n) is 5.93. The van der Waals surface area contributed by atoms with Gasteiger partial charge in [0.2, 0.25) is 0 Å². The van der Waals surface area contributed by atoms with Crippen molar-refractivity contribution in [3.63, 3.8) is 0 Å². The molecule has 0 atom stereocenters. The summed E-state index contributed by atoms with van der Waals surface area (Å²) < 4.78 is 17.2. The van der Waals surface area contributed by atoms with Crippen LogP contribution < -0.4 is 9.91 Å². The van der Waals surface area contributed by atoms with Gasteiger partial charge in [-0.2, -0.15) is 0 Å². The molecular weight excluding hydrogens is 149 g/mol. The summed E-state index contributed by atoms with van der Waals surface area (Å²) in [6.45, 7) is 0. The van der Waals surface area contributed by atoms with E-state index in [1.54, 1.807) is 5.18 Å².